The van der Waals surface area contributed by atoms with Crippen LogP contribution in [0.5, 0.6) is 0 Å². The Balaban J connectivity index is 1.97. The van der Waals surface area contributed by atoms with Gasteiger partial charge in [-0.3, -0.25) is 14.0 Å². The summed E-state index contributed by atoms with van der Waals surface area (Å²) in [6, 6.07) is 8.95. The first-order chi connectivity index (χ1) is 15.4. The SMILES string of the molecule is CCOC(=O)C1=C(C)N=c2s/c(=C\c3c(C)nn(CC)c3C)c(=O)n2[C@H]1c1ccccc1. The number of ether oxygens (including phenoxy) is 1. The number of benzene rings is 1. The molecule has 0 saturated carbocycles. The highest BCUT2D eigenvalue weighted by molar-refractivity contribution is 7.07. The third-order valence-electron chi connectivity index (χ3n) is 5.64. The molecule has 4 rings (SSSR count). The molecule has 0 N–H and O–H groups in total. The molecule has 0 aliphatic carbocycles. The molecule has 0 bridgehead atoms. The van der Waals surface area contributed by atoms with Gasteiger partial charge in [-0.05, 0) is 46.3 Å². The lowest BCUT2D eigenvalue weighted by Gasteiger charge is -2.24. The summed E-state index contributed by atoms with van der Waals surface area (Å²) in [5, 5.41) is 4.56. The predicted octanol–water partition coefficient (Wildman–Crippen LogP) is 2.63. The van der Waals surface area contributed by atoms with Crippen LogP contribution in [0.2, 0.25) is 0 Å². The Morgan fingerprint density at radius 2 is 1.91 bits per heavy atom. The van der Waals surface area contributed by atoms with E-state index in [2.05, 4.69) is 10.1 Å². The predicted molar refractivity (Wildman–Crippen MR) is 124 cm³/mol. The number of nitrogens with zero attached hydrogens (tertiary/aromatic N) is 4. The molecule has 3 aromatic rings. The van der Waals surface area contributed by atoms with E-state index in [0.29, 0.717) is 20.6 Å². The number of aromatic nitrogens is 3. The van der Waals surface area contributed by atoms with Crippen LogP contribution in [0.25, 0.3) is 6.08 Å². The number of esters is 1. The summed E-state index contributed by atoms with van der Waals surface area (Å²) in [6.07, 6.45) is 1.89. The number of hydrogen-bond donors (Lipinski definition) is 0. The van der Waals surface area contributed by atoms with Crippen molar-refractivity contribution in [2.45, 2.75) is 47.2 Å². The van der Waals surface area contributed by atoms with Crippen molar-refractivity contribution in [1.29, 1.82) is 0 Å². The van der Waals surface area contributed by atoms with Gasteiger partial charge in [0.2, 0.25) is 0 Å². The summed E-state index contributed by atoms with van der Waals surface area (Å²) < 4.78 is 9.42. The standard InChI is InChI=1S/C24H26N4O3S/c1-6-27-16(5)18(14(3)26-27)13-19-22(29)28-21(17-11-9-8-10-12-17)20(23(30)31-7-2)15(4)25-24(28)32-19/h8-13,21H,6-7H2,1-5H3/b19-13-/t21-/m0/s1. The zero-order valence-corrected chi connectivity index (χ0v) is 19.7. The van der Waals surface area contributed by atoms with E-state index in [1.165, 1.54) is 11.3 Å². The van der Waals surface area contributed by atoms with Crippen molar-refractivity contribution in [2.24, 2.45) is 4.99 Å². The number of carbonyl (C=O) groups is 1. The van der Waals surface area contributed by atoms with Gasteiger partial charge in [0.1, 0.15) is 0 Å². The number of fused-ring (bicyclic) bond motifs is 1. The van der Waals surface area contributed by atoms with Crippen molar-refractivity contribution in [3.05, 3.63) is 83.8 Å². The van der Waals surface area contributed by atoms with Crippen molar-refractivity contribution < 1.29 is 9.53 Å². The number of hydrogen-bond acceptors (Lipinski definition) is 6. The van der Waals surface area contributed by atoms with Gasteiger partial charge in [-0.15, -0.1) is 0 Å². The second-order valence-corrected chi connectivity index (χ2v) is 8.62. The molecule has 7 nitrogen and oxygen atoms in total. The van der Waals surface area contributed by atoms with Crippen molar-refractivity contribution >= 4 is 23.4 Å². The van der Waals surface area contributed by atoms with E-state index in [9.17, 15) is 9.59 Å². The van der Waals surface area contributed by atoms with Gasteiger partial charge in [-0.25, -0.2) is 9.79 Å². The van der Waals surface area contributed by atoms with Gasteiger partial charge in [0.25, 0.3) is 5.56 Å². The molecule has 1 aliphatic heterocycles. The fourth-order valence-electron chi connectivity index (χ4n) is 4.10. The minimum atomic E-state index is -0.589. The quantitative estimate of drug-likeness (QED) is 0.560. The van der Waals surface area contributed by atoms with Gasteiger partial charge >= 0.3 is 5.97 Å². The fourth-order valence-corrected chi connectivity index (χ4v) is 5.13. The highest BCUT2D eigenvalue weighted by Gasteiger charge is 2.33. The number of aryl methyl sites for hydroxylation is 2. The molecule has 0 radical (unpaired) electrons. The van der Waals surface area contributed by atoms with E-state index in [0.717, 1.165) is 29.1 Å². The molecule has 32 heavy (non-hydrogen) atoms. The van der Waals surface area contributed by atoms with Crippen LogP contribution in [-0.4, -0.2) is 26.9 Å². The first-order valence-electron chi connectivity index (χ1n) is 10.7. The van der Waals surface area contributed by atoms with E-state index in [4.69, 9.17) is 4.74 Å². The first-order valence-corrected chi connectivity index (χ1v) is 11.5. The minimum absolute atomic E-state index is 0.181. The zero-order chi connectivity index (χ0) is 23.0. The average molecular weight is 451 g/mol. The largest absolute Gasteiger partial charge is 0.463 e. The maximum absolute atomic E-state index is 13.6. The van der Waals surface area contributed by atoms with E-state index in [-0.39, 0.29) is 12.2 Å². The summed E-state index contributed by atoms with van der Waals surface area (Å²) in [4.78, 5) is 31.7. The minimum Gasteiger partial charge on any atom is -0.463 e. The summed E-state index contributed by atoms with van der Waals surface area (Å²) in [5.41, 5.74) is 4.44. The molecule has 2 aromatic heterocycles. The Morgan fingerprint density at radius 3 is 2.53 bits per heavy atom. The smallest absolute Gasteiger partial charge is 0.338 e. The van der Waals surface area contributed by atoms with Crippen molar-refractivity contribution in [1.82, 2.24) is 14.3 Å². The van der Waals surface area contributed by atoms with Gasteiger partial charge in [-0.1, -0.05) is 41.7 Å². The van der Waals surface area contributed by atoms with Gasteiger partial charge in [0, 0.05) is 17.8 Å². The summed E-state index contributed by atoms with van der Waals surface area (Å²) in [5.74, 6) is -0.451. The molecule has 1 aliphatic rings. The molecule has 1 aromatic carbocycles. The molecule has 0 spiro atoms. The Morgan fingerprint density at radius 1 is 1.19 bits per heavy atom. The lowest BCUT2D eigenvalue weighted by molar-refractivity contribution is -0.139. The second-order valence-electron chi connectivity index (χ2n) is 7.61. The molecule has 3 heterocycles. The summed E-state index contributed by atoms with van der Waals surface area (Å²) in [6.45, 7) is 10.6. The maximum atomic E-state index is 13.6. The highest BCUT2D eigenvalue weighted by Crippen LogP contribution is 2.30. The van der Waals surface area contributed by atoms with Crippen LogP contribution in [0.4, 0.5) is 0 Å². The molecule has 0 amide bonds. The van der Waals surface area contributed by atoms with E-state index in [1.54, 1.807) is 18.4 Å². The molecular weight excluding hydrogens is 424 g/mol. The van der Waals surface area contributed by atoms with E-state index >= 15 is 0 Å². The Kier molecular flexibility index (Phi) is 5.97. The fraction of sp³-hybridized carbons (Fsp3) is 0.333. The lowest BCUT2D eigenvalue weighted by atomic mass is 9.96. The van der Waals surface area contributed by atoms with Crippen LogP contribution in [0.1, 0.15) is 49.3 Å². The Hall–Kier alpha value is -3.26. The van der Waals surface area contributed by atoms with Gasteiger partial charge in [0.15, 0.2) is 4.80 Å². The normalized spacial score (nSPS) is 16.2. The summed E-state index contributed by atoms with van der Waals surface area (Å²) in [7, 11) is 0. The van der Waals surface area contributed by atoms with Gasteiger partial charge in [0.05, 0.1) is 34.1 Å². The number of carbonyl (C=O) groups excluding carboxylic acids is 1. The molecule has 0 fully saturated rings. The van der Waals surface area contributed by atoms with Crippen LogP contribution < -0.4 is 14.9 Å². The number of thiazole rings is 1. The Bertz CT molecular complexity index is 1390. The maximum Gasteiger partial charge on any atom is 0.338 e. The summed E-state index contributed by atoms with van der Waals surface area (Å²) >= 11 is 1.33. The van der Waals surface area contributed by atoms with Crippen molar-refractivity contribution in [3.8, 4) is 0 Å². The number of allylic oxidation sites excluding steroid dienone is 1. The number of rotatable bonds is 5. The average Bonchev–Trinajstić information content (AvgIpc) is 3.23. The van der Waals surface area contributed by atoms with Crippen LogP contribution in [0.3, 0.4) is 0 Å². The van der Waals surface area contributed by atoms with Crippen LogP contribution in [0, 0.1) is 13.8 Å². The molecule has 1 atom stereocenters. The zero-order valence-electron chi connectivity index (χ0n) is 18.9. The van der Waals surface area contributed by atoms with Crippen LogP contribution in [0.15, 0.2) is 51.4 Å². The third kappa shape index (κ3) is 3.64. The second kappa shape index (κ2) is 8.70. The van der Waals surface area contributed by atoms with Gasteiger partial charge in [-0.2, -0.15) is 5.10 Å². The van der Waals surface area contributed by atoms with Crippen LogP contribution >= 0.6 is 11.3 Å². The monoisotopic (exact) mass is 450 g/mol. The molecule has 8 heteroatoms. The van der Waals surface area contributed by atoms with Gasteiger partial charge < -0.3 is 4.74 Å². The first kappa shape index (κ1) is 22.0. The molecule has 166 valence electrons. The molecular formula is C24H26N4O3S. The highest BCUT2D eigenvalue weighted by atomic mass is 32.1. The molecule has 0 saturated heterocycles. The van der Waals surface area contributed by atoms with E-state index in [1.807, 2.05) is 61.9 Å². The van der Waals surface area contributed by atoms with Crippen LogP contribution in [-0.2, 0) is 16.1 Å². The third-order valence-corrected chi connectivity index (χ3v) is 6.63. The van der Waals surface area contributed by atoms with Crippen molar-refractivity contribution in [2.75, 3.05) is 6.61 Å². The van der Waals surface area contributed by atoms with E-state index < -0.39 is 12.0 Å². The van der Waals surface area contributed by atoms with Crippen molar-refractivity contribution in [3.63, 3.8) is 0 Å². The lowest BCUT2D eigenvalue weighted by Crippen LogP contribution is -2.39. The Labute approximate surface area is 190 Å². The topological polar surface area (TPSA) is 78.5 Å². The molecule has 0 unspecified atom stereocenters.